The van der Waals surface area contributed by atoms with Crippen LogP contribution in [0.15, 0.2) is 52.3 Å². The predicted octanol–water partition coefficient (Wildman–Crippen LogP) is 3.26. The van der Waals surface area contributed by atoms with Crippen molar-refractivity contribution < 1.29 is 35.5 Å². The van der Waals surface area contributed by atoms with E-state index in [9.17, 15) is 21.6 Å². The van der Waals surface area contributed by atoms with Gasteiger partial charge in [-0.2, -0.15) is 16.8 Å². The molecule has 2 aromatic carbocycles. The lowest BCUT2D eigenvalue weighted by molar-refractivity contribution is 0.110. The first-order chi connectivity index (χ1) is 17.6. The van der Waals surface area contributed by atoms with Crippen LogP contribution in [0.3, 0.4) is 0 Å². The Balaban J connectivity index is 0.000000435. The first-order valence-electron chi connectivity index (χ1n) is 11.7. The maximum absolute atomic E-state index is 11.9. The van der Waals surface area contributed by atoms with Gasteiger partial charge in [0.2, 0.25) is 0 Å². The Labute approximate surface area is 229 Å². The molecule has 0 bridgehead atoms. The van der Waals surface area contributed by atoms with Gasteiger partial charge in [0, 0.05) is 47.7 Å². The molecule has 2 aromatic rings. The number of hydrogen-bond acceptors (Lipinski definition) is 9. The summed E-state index contributed by atoms with van der Waals surface area (Å²) in [6.07, 6.45) is 2.02. The summed E-state index contributed by atoms with van der Waals surface area (Å²) in [7, 11) is -5.15. The van der Waals surface area contributed by atoms with Crippen LogP contribution in [0.1, 0.15) is 24.1 Å². The van der Waals surface area contributed by atoms with Gasteiger partial charge in [-0.3, -0.25) is 19.3 Å². The van der Waals surface area contributed by atoms with Gasteiger partial charge in [0.1, 0.15) is 0 Å². The minimum Gasteiger partial charge on any atom is -0.450 e. The molecule has 0 spiro atoms. The molecule has 0 saturated carbocycles. The molecule has 0 aliphatic carbocycles. The summed E-state index contributed by atoms with van der Waals surface area (Å²) in [5.74, 6) is 0. The first kappa shape index (κ1) is 32.0. The van der Waals surface area contributed by atoms with E-state index in [-0.39, 0.29) is 0 Å². The van der Waals surface area contributed by atoms with Gasteiger partial charge in [-0.25, -0.2) is 4.79 Å². The third-order valence-corrected chi connectivity index (χ3v) is 6.68. The van der Waals surface area contributed by atoms with Crippen LogP contribution in [0.5, 0.6) is 0 Å². The highest BCUT2D eigenvalue weighted by Gasteiger charge is 2.29. The van der Waals surface area contributed by atoms with Crippen LogP contribution in [-0.4, -0.2) is 94.2 Å². The number of benzene rings is 2. The molecule has 14 heteroatoms. The number of carbonyl (C=O) groups excluding carboxylic acids is 1. The predicted molar refractivity (Wildman–Crippen MR) is 148 cm³/mol. The van der Waals surface area contributed by atoms with Crippen molar-refractivity contribution in [2.24, 2.45) is 0 Å². The highest BCUT2D eigenvalue weighted by molar-refractivity contribution is 7.99. The number of piperazine rings is 1. The zero-order chi connectivity index (χ0) is 28.5. The molecule has 3 N–H and O–H groups in total. The second kappa shape index (κ2) is 14.3. The van der Waals surface area contributed by atoms with Crippen LogP contribution in [0.4, 0.5) is 10.5 Å². The number of nitrogens with one attached hydrogen (secondary N) is 1. The van der Waals surface area contributed by atoms with Crippen molar-refractivity contribution in [1.82, 2.24) is 9.80 Å². The molecule has 1 amide bonds. The summed E-state index contributed by atoms with van der Waals surface area (Å²) in [4.78, 5) is 19.5. The summed E-state index contributed by atoms with van der Waals surface area (Å²) >= 11 is 1.83. The van der Waals surface area contributed by atoms with Gasteiger partial charge in [-0.1, -0.05) is 30.0 Å². The third-order valence-electron chi connectivity index (χ3n) is 5.48. The Morgan fingerprint density at radius 3 is 2.16 bits per heavy atom. The SMILES string of the molecule is CCOC(=O)Nc1ccc2c(c1)C(N1CCN(C)CC1)Cc1ccccc1S2.CS(=O)(=O)O.CS(=O)(=O)O. The number of likely N-dealkylation sites (N-methyl/N-ethyl adjacent to an activating group) is 1. The lowest BCUT2D eigenvalue weighted by Crippen LogP contribution is -2.46. The molecule has 2 heterocycles. The second-order valence-electron chi connectivity index (χ2n) is 8.83. The Bertz CT molecular complexity index is 1250. The van der Waals surface area contributed by atoms with E-state index in [0.29, 0.717) is 25.2 Å². The van der Waals surface area contributed by atoms with E-state index in [1.807, 2.05) is 24.8 Å². The van der Waals surface area contributed by atoms with E-state index in [0.717, 1.165) is 38.3 Å². The highest BCUT2D eigenvalue weighted by Crippen LogP contribution is 2.43. The lowest BCUT2D eigenvalue weighted by atomic mass is 9.96. The van der Waals surface area contributed by atoms with Crippen molar-refractivity contribution in [3.8, 4) is 0 Å². The van der Waals surface area contributed by atoms with Crippen LogP contribution in [0.25, 0.3) is 0 Å². The third kappa shape index (κ3) is 12.1. The second-order valence-corrected chi connectivity index (χ2v) is 12.8. The number of fused-ring (bicyclic) bond motifs is 2. The zero-order valence-corrected chi connectivity index (χ0v) is 24.3. The maximum atomic E-state index is 11.9. The molecule has 0 radical (unpaired) electrons. The molecule has 1 atom stereocenters. The number of nitrogens with zero attached hydrogens (tertiary/aromatic N) is 2. The van der Waals surface area contributed by atoms with Gasteiger partial charge >= 0.3 is 6.09 Å². The van der Waals surface area contributed by atoms with Crippen LogP contribution in [0.2, 0.25) is 0 Å². The Kier molecular flexibility index (Phi) is 12.0. The van der Waals surface area contributed by atoms with Gasteiger partial charge in [0.15, 0.2) is 0 Å². The average Bonchev–Trinajstić information content (AvgIpc) is 2.94. The van der Waals surface area contributed by atoms with E-state index < -0.39 is 26.3 Å². The molecule has 1 fully saturated rings. The smallest absolute Gasteiger partial charge is 0.411 e. The standard InChI is InChI=1S/C22H27N3O2S.2CH4O3S/c1-3-27-22(26)23-17-8-9-21-18(15-17)19(25-12-10-24(2)11-13-25)14-16-6-4-5-7-20(16)28-21;2*1-5(2,3)4/h4-9,15,19H,3,10-14H2,1-2H3,(H,23,26);2*1H3,(H,2,3,4). The van der Waals surface area contributed by atoms with Gasteiger partial charge in [0.25, 0.3) is 20.2 Å². The molecule has 38 heavy (non-hydrogen) atoms. The Morgan fingerprint density at radius 1 is 1.00 bits per heavy atom. The molecule has 2 aliphatic heterocycles. The van der Waals surface area contributed by atoms with Crippen molar-refractivity contribution in [1.29, 1.82) is 0 Å². The van der Waals surface area contributed by atoms with Crippen molar-refractivity contribution >= 4 is 43.8 Å². The number of rotatable bonds is 3. The molecule has 1 saturated heterocycles. The van der Waals surface area contributed by atoms with E-state index >= 15 is 0 Å². The lowest BCUT2D eigenvalue weighted by Gasteiger charge is -2.38. The quantitative estimate of drug-likeness (QED) is 0.452. The van der Waals surface area contributed by atoms with E-state index in [1.165, 1.54) is 20.9 Å². The van der Waals surface area contributed by atoms with Crippen LogP contribution in [0, 0.1) is 0 Å². The summed E-state index contributed by atoms with van der Waals surface area (Å²) in [5, 5.41) is 2.87. The molecule has 2 aliphatic rings. The normalized spacial score (nSPS) is 17.8. The summed E-state index contributed by atoms with van der Waals surface area (Å²) in [6, 6.07) is 15.2. The summed E-state index contributed by atoms with van der Waals surface area (Å²) in [6.45, 7) is 6.47. The van der Waals surface area contributed by atoms with Gasteiger partial charge in [-0.05, 0) is 55.8 Å². The van der Waals surface area contributed by atoms with E-state index in [2.05, 4.69) is 58.6 Å². The Morgan fingerprint density at radius 2 is 1.58 bits per heavy atom. The van der Waals surface area contributed by atoms with Crippen LogP contribution in [-0.2, 0) is 31.4 Å². The molecular formula is C24H35N3O8S3. The number of ether oxygens (including phenoxy) is 1. The monoisotopic (exact) mass is 589 g/mol. The van der Waals surface area contributed by atoms with Gasteiger partial charge in [-0.15, -0.1) is 0 Å². The topological polar surface area (TPSA) is 154 Å². The number of amides is 1. The highest BCUT2D eigenvalue weighted by atomic mass is 32.2. The number of anilines is 1. The fourth-order valence-electron chi connectivity index (χ4n) is 3.93. The average molecular weight is 590 g/mol. The summed E-state index contributed by atoms with van der Waals surface area (Å²) < 4.78 is 56.8. The van der Waals surface area contributed by atoms with Gasteiger partial charge in [0.05, 0.1) is 19.1 Å². The minimum absolute atomic E-state index is 0.309. The maximum Gasteiger partial charge on any atom is 0.411 e. The van der Waals surface area contributed by atoms with Crippen molar-refractivity contribution in [2.75, 3.05) is 57.7 Å². The van der Waals surface area contributed by atoms with E-state index in [4.69, 9.17) is 13.8 Å². The van der Waals surface area contributed by atoms with Crippen molar-refractivity contribution in [2.45, 2.75) is 29.2 Å². The number of carbonyl (C=O) groups is 1. The molecule has 0 aromatic heterocycles. The van der Waals surface area contributed by atoms with E-state index in [1.54, 1.807) is 0 Å². The molecule has 4 rings (SSSR count). The minimum atomic E-state index is -3.67. The molecular weight excluding hydrogens is 554 g/mol. The zero-order valence-electron chi connectivity index (χ0n) is 21.8. The molecule has 11 nitrogen and oxygen atoms in total. The van der Waals surface area contributed by atoms with Crippen LogP contribution >= 0.6 is 11.8 Å². The molecule has 212 valence electrons. The van der Waals surface area contributed by atoms with Crippen LogP contribution < -0.4 is 5.32 Å². The number of hydrogen-bond donors (Lipinski definition) is 3. The largest absolute Gasteiger partial charge is 0.450 e. The fourth-order valence-corrected chi connectivity index (χ4v) is 5.05. The Hall–Kier alpha value is -2.20. The molecule has 1 unspecified atom stereocenters. The van der Waals surface area contributed by atoms with Crippen molar-refractivity contribution in [3.63, 3.8) is 0 Å². The fraction of sp³-hybridized carbons (Fsp3) is 0.458. The van der Waals surface area contributed by atoms with Crippen molar-refractivity contribution in [3.05, 3.63) is 53.6 Å². The summed E-state index contributed by atoms with van der Waals surface area (Å²) in [5.41, 5.74) is 3.48. The first-order valence-corrected chi connectivity index (χ1v) is 16.3. The van der Waals surface area contributed by atoms with Gasteiger partial charge < -0.3 is 9.64 Å².